The Balaban J connectivity index is 2.37. The van der Waals surface area contributed by atoms with Gasteiger partial charge in [-0.3, -0.25) is 23.4 Å². The lowest BCUT2D eigenvalue weighted by atomic mass is 10.1. The van der Waals surface area contributed by atoms with Gasteiger partial charge in [-0.1, -0.05) is 125 Å². The van der Waals surface area contributed by atoms with Crippen molar-refractivity contribution in [2.45, 2.75) is 179 Å². The van der Waals surface area contributed by atoms with Gasteiger partial charge in [0, 0.05) is 12.8 Å². The van der Waals surface area contributed by atoms with E-state index in [4.69, 9.17) is 29.6 Å². The first-order chi connectivity index (χ1) is 28.6. The highest BCUT2D eigenvalue weighted by Gasteiger charge is 2.37. The van der Waals surface area contributed by atoms with Crippen molar-refractivity contribution < 1.29 is 52.2 Å². The van der Waals surface area contributed by atoms with Gasteiger partial charge in [0.05, 0.1) is 25.4 Å². The topological polar surface area (TPSA) is 184 Å². The van der Waals surface area contributed by atoms with E-state index in [1.54, 1.807) is 0 Å². The molecule has 0 aromatic rings. The molecule has 59 heavy (non-hydrogen) atoms. The molecule has 0 aromatic carbocycles. The zero-order valence-corrected chi connectivity index (χ0v) is 36.9. The Morgan fingerprint density at radius 2 is 1.12 bits per heavy atom. The highest BCUT2D eigenvalue weighted by molar-refractivity contribution is 7.47. The minimum absolute atomic E-state index is 0.0637. The summed E-state index contributed by atoms with van der Waals surface area (Å²) in [5, 5.41) is 8.90. The van der Waals surface area contributed by atoms with Gasteiger partial charge in [0.2, 0.25) is 0 Å². The average molecular weight is 850 g/mol. The fraction of sp³-hybridized carbons (Fsp3) is 0.674. The second-order valence-electron chi connectivity index (χ2n) is 14.9. The van der Waals surface area contributed by atoms with Crippen molar-refractivity contribution in [2.24, 2.45) is 5.73 Å². The smallest absolute Gasteiger partial charge is 0.472 e. The monoisotopic (exact) mass is 850 g/mol. The zero-order chi connectivity index (χ0) is 43.2. The molecule has 3 unspecified atom stereocenters. The number of rotatable bonds is 39. The Kier molecular flexibility index (Phi) is 33.5. The molecule has 0 spiro atoms. The van der Waals surface area contributed by atoms with E-state index in [0.717, 1.165) is 70.6 Å². The lowest BCUT2D eigenvalue weighted by Crippen LogP contribution is -2.34. The summed E-state index contributed by atoms with van der Waals surface area (Å²) in [6.45, 7) is 2.63. The van der Waals surface area contributed by atoms with Crippen molar-refractivity contribution >= 4 is 25.7 Å². The standard InChI is InChI=1S/C46H76NO11P/c1-3-5-7-9-11-13-15-17-18-19-20-21-23-25-27-29-31-35-44(48)54-37-40(38-55-59(52,53)56-39-41(47)46(50)51)57-45(49)36-32-34-43-42(58-43)33-30-28-26-24-22-16-14-12-10-8-6-4-2/h11-14,17-18,20-22,24,28,30,40-43H,3-10,15-16,19,23,25-27,29,31-39,47H2,1-2H3,(H,50,51)(H,52,53)/b13-11-,14-12-,18-17-,21-20-,24-22-,30-28-/t40-,41+,42?,43?/m1/s1. The number of allylic oxidation sites excluding steroid dienone is 11. The highest BCUT2D eigenvalue weighted by Crippen LogP contribution is 2.43. The summed E-state index contributed by atoms with van der Waals surface area (Å²) >= 11 is 0. The molecule has 0 amide bonds. The van der Waals surface area contributed by atoms with Crippen LogP contribution in [0.1, 0.15) is 155 Å². The van der Waals surface area contributed by atoms with Gasteiger partial charge in [-0.15, -0.1) is 0 Å². The normalized spacial score (nSPS) is 17.8. The van der Waals surface area contributed by atoms with Crippen molar-refractivity contribution in [1.29, 1.82) is 0 Å². The molecule has 5 atom stereocenters. The first-order valence-corrected chi connectivity index (χ1v) is 23.6. The van der Waals surface area contributed by atoms with E-state index >= 15 is 0 Å². The first-order valence-electron chi connectivity index (χ1n) is 22.1. The largest absolute Gasteiger partial charge is 0.480 e. The Morgan fingerprint density at radius 3 is 1.68 bits per heavy atom. The van der Waals surface area contributed by atoms with Crippen LogP contribution in [-0.4, -0.2) is 72.1 Å². The van der Waals surface area contributed by atoms with E-state index in [9.17, 15) is 23.8 Å². The number of unbranched alkanes of at least 4 members (excludes halogenated alkanes) is 10. The van der Waals surface area contributed by atoms with Crippen LogP contribution in [0.25, 0.3) is 0 Å². The number of carboxylic acid groups (broad SMARTS) is 1. The van der Waals surface area contributed by atoms with Gasteiger partial charge in [0.25, 0.3) is 0 Å². The van der Waals surface area contributed by atoms with Crippen LogP contribution in [0.3, 0.4) is 0 Å². The molecule has 0 aromatic heterocycles. The minimum Gasteiger partial charge on any atom is -0.480 e. The van der Waals surface area contributed by atoms with Crippen LogP contribution < -0.4 is 5.73 Å². The van der Waals surface area contributed by atoms with Crippen molar-refractivity contribution in [3.05, 3.63) is 72.9 Å². The molecule has 13 heteroatoms. The summed E-state index contributed by atoms with van der Waals surface area (Å²) in [6.07, 6.45) is 45.5. The summed E-state index contributed by atoms with van der Waals surface area (Å²) in [5.41, 5.74) is 5.33. The second-order valence-corrected chi connectivity index (χ2v) is 16.3. The van der Waals surface area contributed by atoms with Crippen molar-refractivity contribution in [1.82, 2.24) is 0 Å². The zero-order valence-electron chi connectivity index (χ0n) is 36.0. The molecule has 4 N–H and O–H groups in total. The van der Waals surface area contributed by atoms with Crippen LogP contribution in [0.2, 0.25) is 0 Å². The summed E-state index contributed by atoms with van der Waals surface area (Å²) in [5.74, 6) is -2.50. The molecular formula is C46H76NO11P. The maximum Gasteiger partial charge on any atom is 0.472 e. The van der Waals surface area contributed by atoms with Crippen LogP contribution >= 0.6 is 7.82 Å². The predicted octanol–water partition coefficient (Wildman–Crippen LogP) is 10.7. The molecule has 1 heterocycles. The third kappa shape index (κ3) is 34.3. The molecule has 1 fully saturated rings. The van der Waals surface area contributed by atoms with Gasteiger partial charge < -0.3 is 29.9 Å². The van der Waals surface area contributed by atoms with E-state index in [1.807, 2.05) is 0 Å². The third-order valence-corrected chi connectivity index (χ3v) is 10.3. The SMILES string of the molecule is CCCCC/C=C\C/C=C\C/C=C\CCCCCCC(=O)OC[C@H](COP(=O)(O)OC[C@H](N)C(=O)O)OC(=O)CCCC1OC1C/C=C\C/C=C\C/C=C\CCCCC. The van der Waals surface area contributed by atoms with Gasteiger partial charge in [-0.25, -0.2) is 4.57 Å². The lowest BCUT2D eigenvalue weighted by molar-refractivity contribution is -0.161. The van der Waals surface area contributed by atoms with Crippen molar-refractivity contribution in [3.8, 4) is 0 Å². The number of aliphatic carboxylic acids is 1. The molecule has 1 aliphatic rings. The van der Waals surface area contributed by atoms with Crippen molar-refractivity contribution in [2.75, 3.05) is 19.8 Å². The molecule has 1 saturated heterocycles. The number of carbonyl (C=O) groups is 3. The van der Waals surface area contributed by atoms with Gasteiger partial charge >= 0.3 is 25.7 Å². The molecule has 0 aliphatic carbocycles. The van der Waals surface area contributed by atoms with Gasteiger partial charge in [-0.05, 0) is 89.9 Å². The molecule has 12 nitrogen and oxygen atoms in total. The fourth-order valence-corrected chi connectivity index (χ4v) is 6.52. The Labute approximate surface area is 355 Å². The molecule has 0 radical (unpaired) electrons. The highest BCUT2D eigenvalue weighted by atomic mass is 31.2. The summed E-state index contributed by atoms with van der Waals surface area (Å²) in [7, 11) is -4.75. The molecule has 0 bridgehead atoms. The second kappa shape index (κ2) is 36.7. The number of hydrogen-bond acceptors (Lipinski definition) is 10. The van der Waals surface area contributed by atoms with E-state index in [1.165, 1.54) is 38.5 Å². The number of nitrogens with two attached hydrogens (primary N) is 1. The van der Waals surface area contributed by atoms with E-state index in [0.29, 0.717) is 19.3 Å². The average Bonchev–Trinajstić information content (AvgIpc) is 3.97. The van der Waals surface area contributed by atoms with E-state index in [2.05, 4.69) is 91.3 Å². The van der Waals surface area contributed by atoms with Crippen LogP contribution in [0.15, 0.2) is 72.9 Å². The summed E-state index contributed by atoms with van der Waals surface area (Å²) < 4.78 is 38.4. The number of carboxylic acids is 1. The van der Waals surface area contributed by atoms with E-state index < -0.39 is 57.7 Å². The molecule has 0 saturated carbocycles. The Bertz CT molecular complexity index is 1340. The molecule has 1 aliphatic heterocycles. The maximum atomic E-state index is 12.7. The number of epoxide rings is 1. The minimum atomic E-state index is -4.75. The van der Waals surface area contributed by atoms with E-state index in [-0.39, 0.29) is 25.0 Å². The Hall–Kier alpha value is -3.12. The predicted molar refractivity (Wildman–Crippen MR) is 235 cm³/mol. The molecular weight excluding hydrogens is 773 g/mol. The number of carbonyl (C=O) groups excluding carboxylic acids is 2. The van der Waals surface area contributed by atoms with Crippen LogP contribution in [-0.2, 0) is 42.2 Å². The fourth-order valence-electron chi connectivity index (χ4n) is 5.74. The lowest BCUT2D eigenvalue weighted by Gasteiger charge is -2.20. The summed E-state index contributed by atoms with van der Waals surface area (Å²) in [4.78, 5) is 46.1. The third-order valence-electron chi connectivity index (χ3n) is 9.35. The quantitative estimate of drug-likeness (QED) is 0.0175. The van der Waals surface area contributed by atoms with Gasteiger partial charge in [0.15, 0.2) is 6.10 Å². The van der Waals surface area contributed by atoms with Crippen molar-refractivity contribution in [3.63, 3.8) is 0 Å². The molecule has 336 valence electrons. The van der Waals surface area contributed by atoms with Gasteiger partial charge in [-0.2, -0.15) is 0 Å². The molecule has 1 rings (SSSR count). The van der Waals surface area contributed by atoms with Crippen LogP contribution in [0, 0.1) is 0 Å². The number of phosphoric acid groups is 1. The maximum absolute atomic E-state index is 12.7. The van der Waals surface area contributed by atoms with Crippen LogP contribution in [0.4, 0.5) is 0 Å². The number of hydrogen-bond donors (Lipinski definition) is 3. The Morgan fingerprint density at radius 1 is 0.627 bits per heavy atom. The number of phosphoric ester groups is 1. The first kappa shape index (κ1) is 53.9. The summed E-state index contributed by atoms with van der Waals surface area (Å²) in [6, 6.07) is -1.54. The van der Waals surface area contributed by atoms with Gasteiger partial charge in [0.1, 0.15) is 12.6 Å². The number of esters is 2. The van der Waals surface area contributed by atoms with Crippen LogP contribution in [0.5, 0.6) is 0 Å². The number of ether oxygens (including phenoxy) is 3.